The van der Waals surface area contributed by atoms with Crippen molar-refractivity contribution in [2.45, 2.75) is 32.0 Å². The van der Waals surface area contributed by atoms with Gasteiger partial charge in [0.1, 0.15) is 11.5 Å². The van der Waals surface area contributed by atoms with E-state index in [0.717, 1.165) is 5.56 Å². The van der Waals surface area contributed by atoms with Gasteiger partial charge in [-0.05, 0) is 32.9 Å². The molecule has 2 nitrogen and oxygen atoms in total. The van der Waals surface area contributed by atoms with Gasteiger partial charge >= 0.3 is 0 Å². The predicted molar refractivity (Wildman–Crippen MR) is 64.2 cm³/mol. The number of nitrogens with one attached hydrogen (secondary N) is 1. The third kappa shape index (κ3) is 2.54. The molecule has 1 N–H and O–H groups in total. The Morgan fingerprint density at radius 2 is 2.00 bits per heavy atom. The van der Waals surface area contributed by atoms with Gasteiger partial charge in [0.25, 0.3) is 0 Å². The highest BCUT2D eigenvalue weighted by Gasteiger charge is 2.41. The van der Waals surface area contributed by atoms with E-state index in [4.69, 9.17) is 4.74 Å². The predicted octanol–water partition coefficient (Wildman–Crippen LogP) is 2.82. The Bertz CT molecular complexity index is 383. The molecular formula is C12H17ClFNO. The third-order valence-corrected chi connectivity index (χ3v) is 2.67. The molecule has 1 aromatic rings. The maximum Gasteiger partial charge on any atom is 0.143 e. The molecule has 1 fully saturated rings. The van der Waals surface area contributed by atoms with Gasteiger partial charge in [-0.3, -0.25) is 5.32 Å². The van der Waals surface area contributed by atoms with Crippen LogP contribution in [0.5, 0.6) is 0 Å². The van der Waals surface area contributed by atoms with Crippen LogP contribution < -0.4 is 5.32 Å². The Balaban J connectivity index is 0.00000128. The topological polar surface area (TPSA) is 21.3 Å². The van der Waals surface area contributed by atoms with Crippen molar-refractivity contribution in [1.29, 1.82) is 0 Å². The van der Waals surface area contributed by atoms with Crippen LogP contribution in [-0.2, 0) is 10.5 Å². The largest absolute Gasteiger partial charge is 0.355 e. The Morgan fingerprint density at radius 3 is 2.50 bits per heavy atom. The molecule has 0 spiro atoms. The van der Waals surface area contributed by atoms with Crippen molar-refractivity contribution in [3.8, 4) is 0 Å². The highest BCUT2D eigenvalue weighted by molar-refractivity contribution is 5.85. The molecule has 1 atom stereocenters. The van der Waals surface area contributed by atoms with Crippen molar-refractivity contribution < 1.29 is 9.13 Å². The Labute approximate surface area is 102 Å². The van der Waals surface area contributed by atoms with Crippen LogP contribution in [0.1, 0.15) is 26.3 Å². The van der Waals surface area contributed by atoms with Gasteiger partial charge in [0.15, 0.2) is 0 Å². The van der Waals surface area contributed by atoms with Crippen molar-refractivity contribution in [2.24, 2.45) is 0 Å². The summed E-state index contributed by atoms with van der Waals surface area (Å²) < 4.78 is 18.8. The van der Waals surface area contributed by atoms with Crippen molar-refractivity contribution >= 4 is 12.4 Å². The van der Waals surface area contributed by atoms with Gasteiger partial charge < -0.3 is 4.74 Å². The summed E-state index contributed by atoms with van der Waals surface area (Å²) in [6.45, 7) is 6.69. The van der Waals surface area contributed by atoms with E-state index in [-0.39, 0.29) is 23.8 Å². The van der Waals surface area contributed by atoms with Crippen molar-refractivity contribution in [3.05, 3.63) is 35.6 Å². The van der Waals surface area contributed by atoms with Crippen molar-refractivity contribution in [2.75, 3.05) is 6.61 Å². The second-order valence-electron chi connectivity index (χ2n) is 4.84. The molecule has 16 heavy (non-hydrogen) atoms. The first-order valence-electron chi connectivity index (χ1n) is 5.11. The average Bonchev–Trinajstić information content (AvgIpc) is 2.42. The van der Waals surface area contributed by atoms with E-state index in [1.54, 1.807) is 6.07 Å². The number of ether oxygens (including phenoxy) is 1. The fourth-order valence-electron chi connectivity index (χ4n) is 1.98. The second-order valence-corrected chi connectivity index (χ2v) is 4.84. The zero-order valence-electron chi connectivity index (χ0n) is 9.71. The lowest BCUT2D eigenvalue weighted by atomic mass is 10.0. The minimum Gasteiger partial charge on any atom is -0.355 e. The van der Waals surface area contributed by atoms with Gasteiger partial charge in [0, 0.05) is 11.1 Å². The third-order valence-electron chi connectivity index (χ3n) is 2.67. The first-order valence-corrected chi connectivity index (χ1v) is 5.11. The molecule has 1 aliphatic heterocycles. The number of halogens is 2. The van der Waals surface area contributed by atoms with E-state index in [1.807, 2.05) is 13.0 Å². The molecule has 0 radical (unpaired) electrons. The van der Waals surface area contributed by atoms with Crippen molar-refractivity contribution in [3.63, 3.8) is 0 Å². The van der Waals surface area contributed by atoms with Crippen LogP contribution >= 0.6 is 12.4 Å². The van der Waals surface area contributed by atoms with E-state index in [2.05, 4.69) is 19.2 Å². The van der Waals surface area contributed by atoms with Crippen LogP contribution in [-0.4, -0.2) is 12.1 Å². The SMILES string of the molecule is CC1(C)COC(C)(c2cccc(F)c2)N1.Cl. The summed E-state index contributed by atoms with van der Waals surface area (Å²) in [5.74, 6) is -0.233. The first kappa shape index (κ1) is 13.4. The molecular weight excluding hydrogens is 229 g/mol. The Morgan fingerprint density at radius 1 is 1.31 bits per heavy atom. The van der Waals surface area contributed by atoms with Crippen LogP contribution in [0, 0.1) is 5.82 Å². The van der Waals surface area contributed by atoms with Crippen LogP contribution in [0.2, 0.25) is 0 Å². The Hall–Kier alpha value is -0.640. The van der Waals surface area contributed by atoms with Gasteiger partial charge in [0.2, 0.25) is 0 Å². The molecule has 0 aromatic heterocycles. The molecule has 0 amide bonds. The lowest BCUT2D eigenvalue weighted by Gasteiger charge is -2.27. The molecule has 0 bridgehead atoms. The summed E-state index contributed by atoms with van der Waals surface area (Å²) in [6.07, 6.45) is 0. The van der Waals surface area contributed by atoms with Crippen LogP contribution in [0.3, 0.4) is 0 Å². The van der Waals surface area contributed by atoms with Gasteiger partial charge in [0.05, 0.1) is 6.61 Å². The molecule has 0 saturated carbocycles. The maximum absolute atomic E-state index is 13.1. The van der Waals surface area contributed by atoms with Gasteiger partial charge in [-0.15, -0.1) is 12.4 Å². The lowest BCUT2D eigenvalue weighted by Crippen LogP contribution is -2.44. The van der Waals surface area contributed by atoms with Gasteiger partial charge in [-0.25, -0.2) is 4.39 Å². The van der Waals surface area contributed by atoms with Crippen LogP contribution in [0.4, 0.5) is 4.39 Å². The minimum absolute atomic E-state index is 0. The molecule has 1 aromatic carbocycles. The highest BCUT2D eigenvalue weighted by atomic mass is 35.5. The zero-order valence-corrected chi connectivity index (χ0v) is 10.5. The fraction of sp³-hybridized carbons (Fsp3) is 0.500. The molecule has 4 heteroatoms. The summed E-state index contributed by atoms with van der Waals surface area (Å²) in [5.41, 5.74) is 0.181. The molecule has 0 aliphatic carbocycles. The van der Waals surface area contributed by atoms with Crippen molar-refractivity contribution in [1.82, 2.24) is 5.32 Å². The fourth-order valence-corrected chi connectivity index (χ4v) is 1.98. The summed E-state index contributed by atoms with van der Waals surface area (Å²) in [5, 5.41) is 3.36. The average molecular weight is 246 g/mol. The smallest absolute Gasteiger partial charge is 0.143 e. The normalized spacial score (nSPS) is 27.5. The lowest BCUT2D eigenvalue weighted by molar-refractivity contribution is 0.00196. The first-order chi connectivity index (χ1) is 6.91. The zero-order chi connectivity index (χ0) is 11.1. The molecule has 1 saturated heterocycles. The quantitative estimate of drug-likeness (QED) is 0.822. The summed E-state index contributed by atoms with van der Waals surface area (Å²) in [7, 11) is 0. The summed E-state index contributed by atoms with van der Waals surface area (Å²) in [6, 6.07) is 6.52. The van der Waals surface area contributed by atoms with E-state index in [1.165, 1.54) is 12.1 Å². The second kappa shape index (κ2) is 4.32. The molecule has 2 rings (SSSR count). The van der Waals surface area contributed by atoms with Gasteiger partial charge in [-0.1, -0.05) is 12.1 Å². The maximum atomic E-state index is 13.1. The number of rotatable bonds is 1. The van der Waals surface area contributed by atoms with Crippen LogP contribution in [0.15, 0.2) is 24.3 Å². The van der Waals surface area contributed by atoms with Crippen LogP contribution in [0.25, 0.3) is 0 Å². The molecule has 1 heterocycles. The number of benzene rings is 1. The number of hydrogen-bond donors (Lipinski definition) is 1. The monoisotopic (exact) mass is 245 g/mol. The van der Waals surface area contributed by atoms with E-state index < -0.39 is 5.72 Å². The summed E-state index contributed by atoms with van der Waals surface area (Å²) >= 11 is 0. The number of hydrogen-bond acceptors (Lipinski definition) is 2. The molecule has 1 unspecified atom stereocenters. The van der Waals surface area contributed by atoms with E-state index >= 15 is 0 Å². The molecule has 1 aliphatic rings. The summed E-state index contributed by atoms with van der Waals surface area (Å²) in [4.78, 5) is 0. The van der Waals surface area contributed by atoms with E-state index in [0.29, 0.717) is 6.61 Å². The standard InChI is InChI=1S/C12H16FNO.ClH/c1-11(2)8-15-12(3,14-11)9-5-4-6-10(13)7-9;/h4-7,14H,8H2,1-3H3;1H. The molecule has 90 valence electrons. The highest BCUT2D eigenvalue weighted by Crippen LogP contribution is 2.31. The van der Waals surface area contributed by atoms with E-state index in [9.17, 15) is 4.39 Å². The van der Waals surface area contributed by atoms with Gasteiger partial charge in [-0.2, -0.15) is 0 Å². The minimum atomic E-state index is -0.578. The Kier molecular flexibility index (Phi) is 3.62.